The summed E-state index contributed by atoms with van der Waals surface area (Å²) in [7, 11) is 0. The van der Waals surface area contributed by atoms with Crippen LogP contribution in [0.5, 0.6) is 0 Å². The summed E-state index contributed by atoms with van der Waals surface area (Å²) in [4.78, 5) is 39.2. The number of hydrogen-bond donors (Lipinski definition) is 1. The van der Waals surface area contributed by atoms with Gasteiger partial charge in [0.1, 0.15) is 15.9 Å². The maximum atomic E-state index is 13.2. The lowest BCUT2D eigenvalue weighted by Gasteiger charge is -2.16. The highest BCUT2D eigenvalue weighted by Crippen LogP contribution is 2.30. The summed E-state index contributed by atoms with van der Waals surface area (Å²) in [5.41, 5.74) is 2.52. The van der Waals surface area contributed by atoms with E-state index < -0.39 is 0 Å². The number of nitrogens with one attached hydrogen (secondary N) is 1. The summed E-state index contributed by atoms with van der Waals surface area (Å²) in [6.07, 6.45) is 2.58. The van der Waals surface area contributed by atoms with Crippen LogP contribution in [0.15, 0.2) is 64.9 Å². The molecule has 0 radical (unpaired) electrons. The average Bonchev–Trinajstić information content (AvgIpc) is 3.42. The number of hydrogen-bond acceptors (Lipinski definition) is 5. The standard InChI is InChI=1S/C22H18N4O2S/c27-21-19-18(24-20(25-21)17-8-4-5-10-23-17)16(13-29-19)22(28)26-11-9-15(12-26)14-6-2-1-3-7-14/h1-8,10,13,15H,9,11-12H2,(H,24,25,27). The molecule has 4 heterocycles. The highest BCUT2D eigenvalue weighted by atomic mass is 32.1. The summed E-state index contributed by atoms with van der Waals surface area (Å²) in [5, 5.41) is 1.74. The first-order valence-electron chi connectivity index (χ1n) is 9.48. The van der Waals surface area contributed by atoms with Crippen LogP contribution in [0.3, 0.4) is 0 Å². The van der Waals surface area contributed by atoms with E-state index >= 15 is 0 Å². The lowest BCUT2D eigenvalue weighted by atomic mass is 9.99. The quantitative estimate of drug-likeness (QED) is 0.567. The van der Waals surface area contributed by atoms with E-state index in [-0.39, 0.29) is 11.5 Å². The molecule has 1 N–H and O–H groups in total. The normalized spacial score (nSPS) is 16.4. The molecule has 7 heteroatoms. The molecule has 4 aromatic rings. The first-order chi connectivity index (χ1) is 14.2. The van der Waals surface area contributed by atoms with Crippen molar-refractivity contribution in [3.05, 3.63) is 81.6 Å². The Balaban J connectivity index is 1.48. The van der Waals surface area contributed by atoms with Crippen LogP contribution in [0.2, 0.25) is 0 Å². The molecule has 0 aliphatic carbocycles. The smallest absolute Gasteiger partial charge is 0.269 e. The molecule has 0 saturated carbocycles. The van der Waals surface area contributed by atoms with Crippen molar-refractivity contribution in [1.29, 1.82) is 0 Å². The number of rotatable bonds is 3. The van der Waals surface area contributed by atoms with Gasteiger partial charge in [0.15, 0.2) is 5.82 Å². The first kappa shape index (κ1) is 17.8. The van der Waals surface area contributed by atoms with E-state index in [1.807, 2.05) is 29.2 Å². The number of H-pyrrole nitrogens is 1. The Morgan fingerprint density at radius 3 is 2.76 bits per heavy atom. The number of amides is 1. The van der Waals surface area contributed by atoms with Crippen molar-refractivity contribution in [2.45, 2.75) is 12.3 Å². The Bertz CT molecular complexity index is 1230. The van der Waals surface area contributed by atoms with E-state index in [2.05, 4.69) is 27.1 Å². The summed E-state index contributed by atoms with van der Waals surface area (Å²) in [5.74, 6) is 0.643. The van der Waals surface area contributed by atoms with Gasteiger partial charge in [0, 0.05) is 30.6 Å². The number of likely N-dealkylation sites (tertiary alicyclic amines) is 1. The van der Waals surface area contributed by atoms with Crippen LogP contribution in [0.1, 0.15) is 28.3 Å². The molecule has 3 aromatic heterocycles. The lowest BCUT2D eigenvalue weighted by Crippen LogP contribution is -2.28. The molecule has 0 spiro atoms. The molecule has 1 fully saturated rings. The summed E-state index contributed by atoms with van der Waals surface area (Å²) < 4.78 is 0.465. The van der Waals surface area contributed by atoms with E-state index in [1.165, 1.54) is 16.9 Å². The molecule has 5 rings (SSSR count). The van der Waals surface area contributed by atoms with Gasteiger partial charge in [-0.3, -0.25) is 14.6 Å². The third-order valence-electron chi connectivity index (χ3n) is 5.31. The number of benzene rings is 1. The molecule has 1 saturated heterocycles. The predicted molar refractivity (Wildman–Crippen MR) is 113 cm³/mol. The van der Waals surface area contributed by atoms with Crippen molar-refractivity contribution in [2.24, 2.45) is 0 Å². The van der Waals surface area contributed by atoms with Gasteiger partial charge in [-0.2, -0.15) is 0 Å². The van der Waals surface area contributed by atoms with Crippen molar-refractivity contribution in [1.82, 2.24) is 19.9 Å². The number of aromatic nitrogens is 3. The predicted octanol–water partition coefficient (Wildman–Crippen LogP) is 3.68. The molecule has 1 aromatic carbocycles. The zero-order valence-corrected chi connectivity index (χ0v) is 16.4. The van der Waals surface area contributed by atoms with Crippen LogP contribution in [-0.2, 0) is 0 Å². The number of nitrogens with zero attached hydrogens (tertiary/aromatic N) is 3. The van der Waals surface area contributed by atoms with Crippen LogP contribution in [-0.4, -0.2) is 38.8 Å². The number of thiophene rings is 1. The maximum absolute atomic E-state index is 13.2. The third-order valence-corrected chi connectivity index (χ3v) is 6.28. The maximum Gasteiger partial charge on any atom is 0.269 e. The SMILES string of the molecule is O=C(c1csc2c(=O)[nH]c(-c3ccccn3)nc12)N1CCC(c2ccccc2)C1. The fourth-order valence-corrected chi connectivity index (χ4v) is 4.69. The van der Waals surface area contributed by atoms with Gasteiger partial charge < -0.3 is 9.88 Å². The Hall–Kier alpha value is -3.32. The molecule has 1 atom stereocenters. The Morgan fingerprint density at radius 2 is 1.97 bits per heavy atom. The molecule has 144 valence electrons. The second kappa shape index (κ2) is 7.25. The topological polar surface area (TPSA) is 79.0 Å². The molecule has 1 amide bonds. The molecule has 0 bridgehead atoms. The minimum atomic E-state index is -0.247. The fourth-order valence-electron chi connectivity index (χ4n) is 3.82. The van der Waals surface area contributed by atoms with Gasteiger partial charge in [0.05, 0.1) is 5.56 Å². The number of carbonyl (C=O) groups is 1. The third kappa shape index (κ3) is 3.23. The molecular weight excluding hydrogens is 384 g/mol. The minimum absolute atomic E-state index is 0.0697. The van der Waals surface area contributed by atoms with Gasteiger partial charge in [-0.25, -0.2) is 4.98 Å². The van der Waals surface area contributed by atoms with E-state index in [0.29, 0.717) is 46.3 Å². The van der Waals surface area contributed by atoms with Gasteiger partial charge in [-0.05, 0) is 24.1 Å². The van der Waals surface area contributed by atoms with Crippen molar-refractivity contribution >= 4 is 27.5 Å². The van der Waals surface area contributed by atoms with Crippen LogP contribution in [0, 0.1) is 0 Å². The van der Waals surface area contributed by atoms with Crippen LogP contribution in [0.4, 0.5) is 0 Å². The minimum Gasteiger partial charge on any atom is -0.338 e. The molecule has 6 nitrogen and oxygen atoms in total. The zero-order chi connectivity index (χ0) is 19.8. The number of aromatic amines is 1. The Kier molecular flexibility index (Phi) is 4.44. The monoisotopic (exact) mass is 402 g/mol. The highest BCUT2D eigenvalue weighted by Gasteiger charge is 2.30. The van der Waals surface area contributed by atoms with Gasteiger partial charge in [0.2, 0.25) is 0 Å². The fraction of sp³-hybridized carbons (Fsp3) is 0.182. The molecule has 1 aliphatic rings. The van der Waals surface area contributed by atoms with Gasteiger partial charge in [-0.1, -0.05) is 36.4 Å². The average molecular weight is 402 g/mol. The first-order valence-corrected chi connectivity index (χ1v) is 10.4. The summed E-state index contributed by atoms with van der Waals surface area (Å²) >= 11 is 1.25. The van der Waals surface area contributed by atoms with E-state index in [4.69, 9.17) is 0 Å². The van der Waals surface area contributed by atoms with E-state index in [1.54, 1.807) is 23.7 Å². The second-order valence-electron chi connectivity index (χ2n) is 7.10. The summed E-state index contributed by atoms with van der Waals surface area (Å²) in [6.45, 7) is 1.38. The number of carbonyl (C=O) groups excluding carboxylic acids is 1. The molecular formula is C22H18N4O2S. The van der Waals surface area contributed by atoms with Crippen LogP contribution in [0.25, 0.3) is 21.7 Å². The van der Waals surface area contributed by atoms with Gasteiger partial charge in [-0.15, -0.1) is 11.3 Å². The Morgan fingerprint density at radius 1 is 1.14 bits per heavy atom. The number of fused-ring (bicyclic) bond motifs is 1. The molecule has 1 aliphatic heterocycles. The van der Waals surface area contributed by atoms with E-state index in [0.717, 1.165) is 6.42 Å². The highest BCUT2D eigenvalue weighted by molar-refractivity contribution is 7.17. The van der Waals surface area contributed by atoms with Crippen molar-refractivity contribution in [2.75, 3.05) is 13.1 Å². The summed E-state index contributed by atoms with van der Waals surface area (Å²) in [6, 6.07) is 15.7. The van der Waals surface area contributed by atoms with E-state index in [9.17, 15) is 9.59 Å². The van der Waals surface area contributed by atoms with Crippen molar-refractivity contribution < 1.29 is 4.79 Å². The zero-order valence-electron chi connectivity index (χ0n) is 15.5. The molecule has 29 heavy (non-hydrogen) atoms. The van der Waals surface area contributed by atoms with Crippen LogP contribution >= 0.6 is 11.3 Å². The van der Waals surface area contributed by atoms with Gasteiger partial charge >= 0.3 is 0 Å². The number of pyridine rings is 1. The van der Waals surface area contributed by atoms with Crippen LogP contribution < -0.4 is 5.56 Å². The largest absolute Gasteiger partial charge is 0.338 e. The Labute approximate surface area is 170 Å². The lowest BCUT2D eigenvalue weighted by molar-refractivity contribution is 0.0793. The van der Waals surface area contributed by atoms with Crippen molar-refractivity contribution in [3.63, 3.8) is 0 Å². The second-order valence-corrected chi connectivity index (χ2v) is 7.98. The van der Waals surface area contributed by atoms with Gasteiger partial charge in [0.25, 0.3) is 11.5 Å². The van der Waals surface area contributed by atoms with Crippen molar-refractivity contribution in [3.8, 4) is 11.5 Å². The molecule has 1 unspecified atom stereocenters.